The topological polar surface area (TPSA) is 78.5 Å². The van der Waals surface area contributed by atoms with E-state index in [0.717, 1.165) is 17.5 Å². The Kier molecular flexibility index (Phi) is 3.46. The maximum atomic E-state index is 12.3. The molecule has 19 heavy (non-hydrogen) atoms. The van der Waals surface area contributed by atoms with Crippen molar-refractivity contribution in [1.82, 2.24) is 29.5 Å². The molecule has 7 heteroatoms. The molecule has 0 N–H and O–H groups in total. The summed E-state index contributed by atoms with van der Waals surface area (Å²) in [4.78, 5) is 20.6. The van der Waals surface area contributed by atoms with Crippen LogP contribution in [0.3, 0.4) is 0 Å². The minimum Gasteiger partial charge on any atom is -0.243 e. The van der Waals surface area contributed by atoms with Gasteiger partial charge in [0.1, 0.15) is 18.5 Å². The zero-order valence-electron chi connectivity index (χ0n) is 11.7. The molecule has 2 rings (SSSR count). The normalized spacial score (nSPS) is 11.8. The molecule has 7 nitrogen and oxygen atoms in total. The van der Waals surface area contributed by atoms with E-state index in [1.807, 2.05) is 20.8 Å². The fourth-order valence-electron chi connectivity index (χ4n) is 1.71. The van der Waals surface area contributed by atoms with Crippen LogP contribution in [0, 0.1) is 0 Å². The molecule has 0 fully saturated rings. The first-order valence-corrected chi connectivity index (χ1v) is 6.29. The first-order chi connectivity index (χ1) is 8.93. The first-order valence-electron chi connectivity index (χ1n) is 6.29. The van der Waals surface area contributed by atoms with Crippen LogP contribution >= 0.6 is 0 Å². The van der Waals surface area contributed by atoms with E-state index in [4.69, 9.17) is 0 Å². The van der Waals surface area contributed by atoms with Crippen LogP contribution in [0.2, 0.25) is 0 Å². The number of hydrogen-bond acceptors (Lipinski definition) is 5. The van der Waals surface area contributed by atoms with E-state index >= 15 is 0 Å². The SMILES string of the molecule is CCCc1nc(C(C)(C)C)n(C(=O)n2cncn2)n1. The van der Waals surface area contributed by atoms with Gasteiger partial charge in [-0.2, -0.15) is 14.5 Å². The van der Waals surface area contributed by atoms with Gasteiger partial charge >= 0.3 is 6.03 Å². The number of aryl methyl sites for hydroxylation is 1. The van der Waals surface area contributed by atoms with Crippen molar-refractivity contribution in [2.24, 2.45) is 0 Å². The van der Waals surface area contributed by atoms with E-state index in [1.165, 1.54) is 17.3 Å². The molecule has 0 aromatic carbocycles. The number of aromatic nitrogens is 6. The zero-order chi connectivity index (χ0) is 14.0. The lowest BCUT2D eigenvalue weighted by Gasteiger charge is -2.16. The van der Waals surface area contributed by atoms with Gasteiger partial charge < -0.3 is 0 Å². The number of carbonyl (C=O) groups is 1. The largest absolute Gasteiger partial charge is 0.372 e. The van der Waals surface area contributed by atoms with Gasteiger partial charge in [0.15, 0.2) is 5.82 Å². The van der Waals surface area contributed by atoms with Crippen LogP contribution in [0.4, 0.5) is 4.79 Å². The highest BCUT2D eigenvalue weighted by molar-refractivity contribution is 5.77. The van der Waals surface area contributed by atoms with Gasteiger partial charge in [-0.15, -0.1) is 5.10 Å². The Balaban J connectivity index is 2.46. The average Bonchev–Trinajstić information content (AvgIpc) is 2.96. The second-order valence-electron chi connectivity index (χ2n) is 5.39. The Morgan fingerprint density at radius 2 is 2.11 bits per heavy atom. The predicted molar refractivity (Wildman–Crippen MR) is 68.9 cm³/mol. The lowest BCUT2D eigenvalue weighted by atomic mass is 9.96. The molecule has 0 aliphatic rings. The highest BCUT2D eigenvalue weighted by Crippen LogP contribution is 2.20. The third-order valence-corrected chi connectivity index (χ3v) is 2.59. The summed E-state index contributed by atoms with van der Waals surface area (Å²) in [7, 11) is 0. The molecule has 0 aliphatic carbocycles. The van der Waals surface area contributed by atoms with Crippen molar-refractivity contribution in [3.05, 3.63) is 24.3 Å². The molecule has 0 amide bonds. The molecule has 0 spiro atoms. The Bertz CT molecular complexity index is 564. The van der Waals surface area contributed by atoms with E-state index in [0.29, 0.717) is 11.6 Å². The summed E-state index contributed by atoms with van der Waals surface area (Å²) in [5.41, 5.74) is -0.269. The molecule has 0 saturated carbocycles. The minimum absolute atomic E-state index is 0.269. The van der Waals surface area contributed by atoms with Crippen LogP contribution < -0.4 is 0 Å². The van der Waals surface area contributed by atoms with Crippen molar-refractivity contribution in [2.45, 2.75) is 46.0 Å². The smallest absolute Gasteiger partial charge is 0.243 e. The molecule has 2 heterocycles. The molecular formula is C12H18N6O. The fourth-order valence-corrected chi connectivity index (χ4v) is 1.71. The lowest BCUT2D eigenvalue weighted by Crippen LogP contribution is -2.28. The third kappa shape index (κ3) is 2.69. The molecule has 0 radical (unpaired) electrons. The van der Waals surface area contributed by atoms with Gasteiger partial charge in [-0.05, 0) is 6.42 Å². The van der Waals surface area contributed by atoms with E-state index in [9.17, 15) is 4.79 Å². The molecule has 0 atom stereocenters. The van der Waals surface area contributed by atoms with E-state index in [1.54, 1.807) is 0 Å². The highest BCUT2D eigenvalue weighted by Gasteiger charge is 2.27. The first kappa shape index (κ1) is 13.4. The quantitative estimate of drug-likeness (QED) is 0.822. The van der Waals surface area contributed by atoms with Gasteiger partial charge in [-0.25, -0.2) is 14.8 Å². The second-order valence-corrected chi connectivity index (χ2v) is 5.39. The molecular weight excluding hydrogens is 244 g/mol. The molecule has 2 aromatic rings. The Morgan fingerprint density at radius 1 is 1.37 bits per heavy atom. The second kappa shape index (κ2) is 4.91. The summed E-state index contributed by atoms with van der Waals surface area (Å²) >= 11 is 0. The number of nitrogens with zero attached hydrogens (tertiary/aromatic N) is 6. The van der Waals surface area contributed by atoms with Crippen LogP contribution in [-0.4, -0.2) is 35.6 Å². The summed E-state index contributed by atoms with van der Waals surface area (Å²) in [6.45, 7) is 8.05. The van der Waals surface area contributed by atoms with Gasteiger partial charge in [0.2, 0.25) is 0 Å². The number of hydrogen-bond donors (Lipinski definition) is 0. The van der Waals surface area contributed by atoms with Crippen LogP contribution in [0.15, 0.2) is 12.7 Å². The minimum atomic E-state index is -0.364. The predicted octanol–water partition coefficient (Wildman–Crippen LogP) is 1.64. The van der Waals surface area contributed by atoms with E-state index in [2.05, 4.69) is 27.1 Å². The summed E-state index contributed by atoms with van der Waals surface area (Å²) in [5, 5.41) is 8.13. The van der Waals surface area contributed by atoms with Crippen LogP contribution in [0.5, 0.6) is 0 Å². The van der Waals surface area contributed by atoms with Crippen LogP contribution in [0.25, 0.3) is 0 Å². The van der Waals surface area contributed by atoms with Crippen molar-refractivity contribution in [1.29, 1.82) is 0 Å². The lowest BCUT2D eigenvalue weighted by molar-refractivity contribution is 0.235. The average molecular weight is 262 g/mol. The van der Waals surface area contributed by atoms with Gasteiger partial charge in [-0.3, -0.25) is 0 Å². The Morgan fingerprint density at radius 3 is 2.63 bits per heavy atom. The number of rotatable bonds is 2. The van der Waals surface area contributed by atoms with Crippen molar-refractivity contribution in [3.8, 4) is 0 Å². The fraction of sp³-hybridized carbons (Fsp3) is 0.583. The van der Waals surface area contributed by atoms with E-state index < -0.39 is 0 Å². The molecule has 0 saturated heterocycles. The Labute approximate surface area is 111 Å². The highest BCUT2D eigenvalue weighted by atomic mass is 16.2. The Hall–Kier alpha value is -2.05. The summed E-state index contributed by atoms with van der Waals surface area (Å²) in [6, 6.07) is -0.364. The third-order valence-electron chi connectivity index (χ3n) is 2.59. The molecule has 0 aliphatic heterocycles. The van der Waals surface area contributed by atoms with Crippen molar-refractivity contribution in [2.75, 3.05) is 0 Å². The molecule has 2 aromatic heterocycles. The molecule has 102 valence electrons. The van der Waals surface area contributed by atoms with Crippen LogP contribution in [-0.2, 0) is 11.8 Å². The van der Waals surface area contributed by atoms with Gasteiger partial charge in [0.05, 0.1) is 0 Å². The zero-order valence-corrected chi connectivity index (χ0v) is 11.7. The van der Waals surface area contributed by atoms with Crippen molar-refractivity contribution in [3.63, 3.8) is 0 Å². The monoisotopic (exact) mass is 262 g/mol. The maximum Gasteiger partial charge on any atom is 0.372 e. The summed E-state index contributed by atoms with van der Waals surface area (Å²) < 4.78 is 2.47. The van der Waals surface area contributed by atoms with E-state index in [-0.39, 0.29) is 11.4 Å². The number of carbonyl (C=O) groups excluding carboxylic acids is 1. The van der Waals surface area contributed by atoms with Gasteiger partial charge in [0, 0.05) is 11.8 Å². The maximum absolute atomic E-state index is 12.3. The summed E-state index contributed by atoms with van der Waals surface area (Å²) in [6.07, 6.45) is 4.36. The van der Waals surface area contributed by atoms with Crippen molar-refractivity contribution >= 4 is 6.03 Å². The standard InChI is InChI=1S/C12H18N6O/c1-5-6-9-15-10(12(2,3)4)18(16-9)11(19)17-8-13-7-14-17/h7-8H,5-6H2,1-4H3. The molecule has 0 bridgehead atoms. The van der Waals surface area contributed by atoms with Crippen molar-refractivity contribution < 1.29 is 4.79 Å². The van der Waals surface area contributed by atoms with Crippen LogP contribution in [0.1, 0.15) is 45.8 Å². The molecule has 0 unspecified atom stereocenters. The van der Waals surface area contributed by atoms with Gasteiger partial charge in [-0.1, -0.05) is 27.7 Å². The summed E-state index contributed by atoms with van der Waals surface area (Å²) in [5.74, 6) is 1.32. The van der Waals surface area contributed by atoms with Gasteiger partial charge in [0.25, 0.3) is 0 Å².